The van der Waals surface area contributed by atoms with Gasteiger partial charge in [-0.05, 0) is 58.2 Å². The van der Waals surface area contributed by atoms with Gasteiger partial charge in [0.1, 0.15) is 5.75 Å². The molecule has 2 N–H and O–H groups in total. The molecule has 0 unspecified atom stereocenters. The summed E-state index contributed by atoms with van der Waals surface area (Å²) in [5.41, 5.74) is 1.35. The standard InChI is InChI=1S/C20H33N3O2.HI/c1-5-21-19(23-16(3)4)22-15-20(11-13-24-14-12-20)17-7-9-18(10-8-17)25-6-2;/h7-10,16H,5-6,11-15H2,1-4H3,(H2,21,22,23);1H. The van der Waals surface area contributed by atoms with Gasteiger partial charge in [0, 0.05) is 31.2 Å². The van der Waals surface area contributed by atoms with Gasteiger partial charge in [-0.2, -0.15) is 0 Å². The number of guanidine groups is 1. The van der Waals surface area contributed by atoms with E-state index >= 15 is 0 Å². The molecule has 0 aromatic heterocycles. The molecular formula is C20H34IN3O2. The molecule has 1 aliphatic rings. The maximum atomic E-state index is 5.62. The van der Waals surface area contributed by atoms with Crippen molar-refractivity contribution in [1.82, 2.24) is 10.6 Å². The van der Waals surface area contributed by atoms with E-state index in [1.165, 1.54) is 5.56 Å². The van der Waals surface area contributed by atoms with E-state index in [4.69, 9.17) is 14.5 Å². The highest BCUT2D eigenvalue weighted by Gasteiger charge is 2.34. The normalized spacial score (nSPS) is 16.7. The summed E-state index contributed by atoms with van der Waals surface area (Å²) in [4.78, 5) is 4.89. The molecule has 0 spiro atoms. The molecule has 0 radical (unpaired) electrons. The van der Waals surface area contributed by atoms with Crippen molar-refractivity contribution in [3.8, 4) is 5.75 Å². The molecule has 6 heteroatoms. The highest BCUT2D eigenvalue weighted by Crippen LogP contribution is 2.36. The van der Waals surface area contributed by atoms with Gasteiger partial charge in [-0.15, -0.1) is 24.0 Å². The number of rotatable bonds is 7. The molecule has 0 bridgehead atoms. The molecule has 1 heterocycles. The van der Waals surface area contributed by atoms with E-state index in [1.807, 2.05) is 6.92 Å². The summed E-state index contributed by atoms with van der Waals surface area (Å²) in [6, 6.07) is 8.87. The Morgan fingerprint density at radius 2 is 1.85 bits per heavy atom. The lowest BCUT2D eigenvalue weighted by Gasteiger charge is -2.37. The topological polar surface area (TPSA) is 54.9 Å². The largest absolute Gasteiger partial charge is 0.494 e. The lowest BCUT2D eigenvalue weighted by Crippen LogP contribution is -2.43. The Kier molecular flexibility index (Phi) is 10.3. The molecule has 1 saturated heterocycles. The summed E-state index contributed by atoms with van der Waals surface area (Å²) in [6.07, 6.45) is 1.98. The Labute approximate surface area is 175 Å². The van der Waals surface area contributed by atoms with E-state index in [0.29, 0.717) is 12.6 Å². The first-order chi connectivity index (χ1) is 12.1. The molecule has 0 saturated carbocycles. The van der Waals surface area contributed by atoms with Crippen LogP contribution in [0.25, 0.3) is 0 Å². The number of hydrogen-bond acceptors (Lipinski definition) is 3. The second kappa shape index (κ2) is 11.6. The van der Waals surface area contributed by atoms with Gasteiger partial charge in [0.2, 0.25) is 0 Å². The Morgan fingerprint density at radius 1 is 1.19 bits per heavy atom. The molecule has 1 fully saturated rings. The Balaban J connectivity index is 0.00000338. The summed E-state index contributed by atoms with van der Waals surface area (Å²) in [5, 5.41) is 6.74. The third-order valence-corrected chi connectivity index (χ3v) is 4.54. The SMILES string of the molecule is CCNC(=NCC1(c2ccc(OCC)cc2)CCOCC1)NC(C)C.I. The van der Waals surface area contributed by atoms with Crippen molar-refractivity contribution in [3.05, 3.63) is 29.8 Å². The zero-order chi connectivity index (χ0) is 18.1. The van der Waals surface area contributed by atoms with Crippen molar-refractivity contribution in [1.29, 1.82) is 0 Å². The predicted molar refractivity (Wildman–Crippen MR) is 119 cm³/mol. The maximum absolute atomic E-state index is 5.62. The third-order valence-electron chi connectivity index (χ3n) is 4.54. The lowest BCUT2D eigenvalue weighted by atomic mass is 9.74. The van der Waals surface area contributed by atoms with Crippen LogP contribution in [-0.2, 0) is 10.2 Å². The second-order valence-electron chi connectivity index (χ2n) is 6.84. The molecule has 1 aliphatic heterocycles. The van der Waals surface area contributed by atoms with Gasteiger partial charge >= 0.3 is 0 Å². The molecule has 0 amide bonds. The fraction of sp³-hybridized carbons (Fsp3) is 0.650. The first kappa shape index (κ1) is 23.0. The maximum Gasteiger partial charge on any atom is 0.191 e. The van der Waals surface area contributed by atoms with Crippen molar-refractivity contribution >= 4 is 29.9 Å². The van der Waals surface area contributed by atoms with Crippen LogP contribution in [0.15, 0.2) is 29.3 Å². The number of ether oxygens (including phenoxy) is 2. The molecule has 0 aliphatic carbocycles. The van der Waals surface area contributed by atoms with E-state index in [-0.39, 0.29) is 29.4 Å². The van der Waals surface area contributed by atoms with Crippen LogP contribution in [0, 0.1) is 0 Å². The van der Waals surface area contributed by atoms with Crippen LogP contribution >= 0.6 is 24.0 Å². The average molecular weight is 475 g/mol. The highest BCUT2D eigenvalue weighted by molar-refractivity contribution is 14.0. The predicted octanol–water partition coefficient (Wildman–Crippen LogP) is 3.72. The summed E-state index contributed by atoms with van der Waals surface area (Å²) in [6.45, 7) is 12.2. The number of hydrogen-bond donors (Lipinski definition) is 2. The molecule has 148 valence electrons. The van der Waals surface area contributed by atoms with Crippen molar-refractivity contribution in [3.63, 3.8) is 0 Å². The Hall–Kier alpha value is -1.02. The molecule has 1 aromatic rings. The van der Waals surface area contributed by atoms with Crippen molar-refractivity contribution in [2.75, 3.05) is 32.9 Å². The number of nitrogens with one attached hydrogen (secondary N) is 2. The van der Waals surface area contributed by atoms with E-state index in [9.17, 15) is 0 Å². The minimum Gasteiger partial charge on any atom is -0.494 e. The van der Waals surface area contributed by atoms with Crippen molar-refractivity contribution in [2.45, 2.75) is 52.0 Å². The molecule has 0 atom stereocenters. The first-order valence-electron chi connectivity index (χ1n) is 9.45. The van der Waals surface area contributed by atoms with Crippen LogP contribution < -0.4 is 15.4 Å². The van der Waals surface area contributed by atoms with Crippen molar-refractivity contribution < 1.29 is 9.47 Å². The monoisotopic (exact) mass is 475 g/mol. The molecule has 1 aromatic carbocycles. The van der Waals surface area contributed by atoms with E-state index in [2.05, 4.69) is 55.7 Å². The average Bonchev–Trinajstić information content (AvgIpc) is 2.61. The summed E-state index contributed by atoms with van der Waals surface area (Å²) in [7, 11) is 0. The number of nitrogens with zero attached hydrogens (tertiary/aromatic N) is 1. The molecule has 2 rings (SSSR count). The lowest BCUT2D eigenvalue weighted by molar-refractivity contribution is 0.0531. The second-order valence-corrected chi connectivity index (χ2v) is 6.84. The number of aliphatic imine (C=N–C) groups is 1. The molecular weight excluding hydrogens is 441 g/mol. The van der Waals surface area contributed by atoms with Gasteiger partial charge in [0.05, 0.1) is 13.2 Å². The van der Waals surface area contributed by atoms with Gasteiger partial charge < -0.3 is 20.1 Å². The zero-order valence-corrected chi connectivity index (χ0v) is 18.8. The van der Waals surface area contributed by atoms with Gasteiger partial charge in [-0.3, -0.25) is 4.99 Å². The van der Waals surface area contributed by atoms with Gasteiger partial charge in [0.15, 0.2) is 5.96 Å². The van der Waals surface area contributed by atoms with Crippen LogP contribution in [0.2, 0.25) is 0 Å². The minimum atomic E-state index is 0. The summed E-state index contributed by atoms with van der Waals surface area (Å²) in [5.74, 6) is 1.81. The van der Waals surface area contributed by atoms with E-state index < -0.39 is 0 Å². The fourth-order valence-corrected chi connectivity index (χ4v) is 3.20. The molecule has 5 nitrogen and oxygen atoms in total. The van der Waals surface area contributed by atoms with Gasteiger partial charge in [-0.25, -0.2) is 0 Å². The van der Waals surface area contributed by atoms with E-state index in [1.54, 1.807) is 0 Å². The highest BCUT2D eigenvalue weighted by atomic mass is 127. The van der Waals surface area contributed by atoms with Crippen LogP contribution in [0.1, 0.15) is 46.1 Å². The van der Waals surface area contributed by atoms with Crippen LogP contribution in [0.5, 0.6) is 5.75 Å². The minimum absolute atomic E-state index is 0. The summed E-state index contributed by atoms with van der Waals surface area (Å²) >= 11 is 0. The quantitative estimate of drug-likeness (QED) is 0.359. The number of halogens is 1. The number of benzene rings is 1. The molecule has 26 heavy (non-hydrogen) atoms. The smallest absolute Gasteiger partial charge is 0.191 e. The first-order valence-corrected chi connectivity index (χ1v) is 9.45. The van der Waals surface area contributed by atoms with Crippen LogP contribution in [-0.4, -0.2) is 44.9 Å². The van der Waals surface area contributed by atoms with Gasteiger partial charge in [0.25, 0.3) is 0 Å². The Bertz CT molecular complexity index is 540. The Morgan fingerprint density at radius 3 is 2.38 bits per heavy atom. The van der Waals surface area contributed by atoms with Crippen LogP contribution in [0.3, 0.4) is 0 Å². The van der Waals surface area contributed by atoms with E-state index in [0.717, 1.165) is 50.9 Å². The van der Waals surface area contributed by atoms with Crippen LogP contribution in [0.4, 0.5) is 0 Å². The summed E-state index contributed by atoms with van der Waals surface area (Å²) < 4.78 is 11.2. The fourth-order valence-electron chi connectivity index (χ4n) is 3.20. The van der Waals surface area contributed by atoms with Gasteiger partial charge in [-0.1, -0.05) is 12.1 Å². The van der Waals surface area contributed by atoms with Crippen molar-refractivity contribution in [2.24, 2.45) is 4.99 Å². The zero-order valence-electron chi connectivity index (χ0n) is 16.5. The third kappa shape index (κ3) is 6.61.